The fraction of sp³-hybridized carbons (Fsp3) is 0. The number of rotatable bonds is 10. The molecule has 0 bridgehead atoms. The van der Waals surface area contributed by atoms with Gasteiger partial charge in [-0.1, -0.05) is 0 Å². The third-order valence-electron chi connectivity index (χ3n) is 19.1. The maximum absolute atomic E-state index is 7.03. The SMILES string of the molecule is c1ccc(N(c2ccccc2)c2cc3c4c(c2)N(c2ccccc2)c2ccccc2B4c2cc4c(c(-c5ccccc5-c5cccc6c5oc5ccccc56)c2S3)[Se]c2cc(N(c3ccccc3)c3ccccc3)cc3c2B4c2ccccc2N3c2ccccc2)cc1. The normalized spacial score (nSPS) is 13.0. The van der Waals surface area contributed by atoms with E-state index in [4.69, 9.17) is 4.42 Å². The summed E-state index contributed by atoms with van der Waals surface area (Å²) >= 11 is 1.71. The second-order valence-electron chi connectivity index (χ2n) is 24.2. The molecule has 1 aromatic heterocycles. The van der Waals surface area contributed by atoms with Gasteiger partial charge in [0.15, 0.2) is 0 Å². The standard InChI is InChI=1S/C84H54B2N4OSSe/c1-7-28-55(29-8-1)87(56-30-9-2-10-31-56)61-50-74-80-77(52-61)92-83-70(85(80)68-45-22-24-47-72(68)89(74)59-36-15-5-16-37-59)54-71-84(79(83)65-42-20-19-40-63(65)66-43-27-44-67-64-41-21-26-49-76(64)91-82(66)67)93-78-53-62(88(57-32-11-3-12-33-57)58-34-13-4-14-35-58)51-75-81(78)86(71)69-46-23-25-48-73(69)90(75)60-38-17-6-18-39-60/h1-54H. The van der Waals surface area contributed by atoms with Crippen LogP contribution in [-0.2, 0) is 0 Å². The zero-order chi connectivity index (χ0) is 61.1. The predicted molar refractivity (Wildman–Crippen MR) is 395 cm³/mol. The Bertz CT molecular complexity index is 5110. The van der Waals surface area contributed by atoms with Crippen molar-refractivity contribution in [1.82, 2.24) is 0 Å². The minimum absolute atomic E-state index is 0.110. The van der Waals surface area contributed by atoms with Gasteiger partial charge in [-0.3, -0.25) is 0 Å². The summed E-state index contributed by atoms with van der Waals surface area (Å²) in [7, 11) is 0. The van der Waals surface area contributed by atoms with Crippen molar-refractivity contribution in [3.05, 3.63) is 328 Å². The molecule has 9 heteroatoms. The number of hydrogen-bond acceptors (Lipinski definition) is 6. The monoisotopic (exact) mass is 1270 g/mol. The zero-order valence-electron chi connectivity index (χ0n) is 50.3. The van der Waals surface area contributed by atoms with E-state index in [-0.39, 0.29) is 28.4 Å². The van der Waals surface area contributed by atoms with Gasteiger partial charge in [0, 0.05) is 0 Å². The van der Waals surface area contributed by atoms with Gasteiger partial charge >= 0.3 is 556 Å². The molecule has 434 valence electrons. The number of fused-ring (bicyclic) bond motifs is 11. The Balaban J connectivity index is 0.936. The van der Waals surface area contributed by atoms with Gasteiger partial charge < -0.3 is 0 Å². The van der Waals surface area contributed by atoms with Crippen LogP contribution in [0.4, 0.5) is 68.2 Å². The molecular weight excluding hydrogens is 1210 g/mol. The summed E-state index contributed by atoms with van der Waals surface area (Å²) in [5.74, 6) is 0. The summed E-state index contributed by atoms with van der Waals surface area (Å²) in [5, 5.41) is 2.23. The summed E-state index contributed by atoms with van der Waals surface area (Å²) in [5.41, 5.74) is 28.1. The third kappa shape index (κ3) is 8.58. The van der Waals surface area contributed by atoms with Crippen molar-refractivity contribution in [3.63, 3.8) is 0 Å². The Morgan fingerprint density at radius 2 is 0.785 bits per heavy atom. The van der Waals surface area contributed by atoms with E-state index in [1.165, 1.54) is 85.4 Å². The Labute approximate surface area is 551 Å². The number of anilines is 12. The minimum atomic E-state index is -0.248. The third-order valence-corrected chi connectivity index (χ3v) is 22.8. The van der Waals surface area contributed by atoms with E-state index in [0.29, 0.717) is 0 Å². The molecule has 93 heavy (non-hydrogen) atoms. The van der Waals surface area contributed by atoms with Crippen molar-refractivity contribution in [2.24, 2.45) is 0 Å². The molecule has 0 unspecified atom stereocenters. The van der Waals surface area contributed by atoms with E-state index < -0.39 is 0 Å². The molecule has 0 spiro atoms. The summed E-state index contributed by atoms with van der Waals surface area (Å²) in [6.45, 7) is -0.241. The van der Waals surface area contributed by atoms with Crippen LogP contribution < -0.4 is 61.3 Å². The molecule has 0 saturated heterocycles. The first-order valence-corrected chi connectivity index (χ1v) is 34.3. The van der Waals surface area contributed by atoms with Gasteiger partial charge in [0.2, 0.25) is 0 Å². The first-order valence-electron chi connectivity index (χ1n) is 31.8. The molecule has 0 saturated carbocycles. The molecule has 0 amide bonds. The van der Waals surface area contributed by atoms with Gasteiger partial charge in [-0.15, -0.1) is 0 Å². The topological polar surface area (TPSA) is 26.1 Å². The summed E-state index contributed by atoms with van der Waals surface area (Å²) in [6.07, 6.45) is 0. The van der Waals surface area contributed by atoms with Crippen LogP contribution in [0.1, 0.15) is 0 Å². The van der Waals surface area contributed by atoms with Crippen LogP contribution in [0.5, 0.6) is 0 Å². The average Bonchev–Trinajstić information content (AvgIpc) is 1.35. The molecule has 19 rings (SSSR count). The summed E-state index contributed by atoms with van der Waals surface area (Å²) < 4.78 is 9.79. The van der Waals surface area contributed by atoms with E-state index in [1.807, 2.05) is 11.8 Å². The molecule has 5 heterocycles. The molecule has 4 aliphatic rings. The van der Waals surface area contributed by atoms with Crippen LogP contribution >= 0.6 is 11.8 Å². The van der Waals surface area contributed by atoms with Crippen molar-refractivity contribution in [2.45, 2.75) is 9.79 Å². The molecule has 0 radical (unpaired) electrons. The molecule has 0 N–H and O–H groups in total. The quantitative estimate of drug-likeness (QED) is 0.127. The van der Waals surface area contributed by atoms with Gasteiger partial charge in [-0.05, 0) is 0 Å². The number of hydrogen-bond donors (Lipinski definition) is 0. The van der Waals surface area contributed by atoms with Gasteiger partial charge in [-0.25, -0.2) is 0 Å². The first-order chi connectivity index (χ1) is 46.2. The summed E-state index contributed by atoms with van der Waals surface area (Å²) in [4.78, 5) is 12.5. The number of para-hydroxylation sites is 10. The maximum atomic E-state index is 7.03. The Hall–Kier alpha value is -10.9. The van der Waals surface area contributed by atoms with Crippen LogP contribution in [-0.4, -0.2) is 28.4 Å². The molecule has 5 nitrogen and oxygen atoms in total. The number of nitrogens with zero attached hydrogens (tertiary/aromatic N) is 4. The molecule has 0 atom stereocenters. The average molecular weight is 1270 g/mol. The molecule has 0 aliphatic carbocycles. The molecular formula is C84H54B2N4OSSe. The Morgan fingerprint density at radius 1 is 0.333 bits per heavy atom. The fourth-order valence-corrected chi connectivity index (χ4v) is 19.6. The van der Waals surface area contributed by atoms with Crippen LogP contribution in [0.15, 0.2) is 342 Å². The second-order valence-corrected chi connectivity index (χ2v) is 27.5. The van der Waals surface area contributed by atoms with Crippen molar-refractivity contribution in [2.75, 3.05) is 19.6 Å². The van der Waals surface area contributed by atoms with Crippen molar-refractivity contribution in [3.8, 4) is 22.3 Å². The van der Waals surface area contributed by atoms with Gasteiger partial charge in [0.1, 0.15) is 0 Å². The van der Waals surface area contributed by atoms with Crippen LogP contribution in [0.25, 0.3) is 44.2 Å². The van der Waals surface area contributed by atoms with Crippen LogP contribution in [0, 0.1) is 0 Å². The molecule has 15 aromatic rings. The number of furan rings is 1. The predicted octanol–water partition coefficient (Wildman–Crippen LogP) is 16.9. The molecule has 14 aromatic carbocycles. The zero-order valence-corrected chi connectivity index (χ0v) is 52.9. The molecule has 4 aliphatic heterocycles. The number of benzene rings is 14. The van der Waals surface area contributed by atoms with E-state index in [9.17, 15) is 0 Å². The Morgan fingerprint density at radius 3 is 1.37 bits per heavy atom. The van der Waals surface area contributed by atoms with E-state index >= 15 is 0 Å². The second kappa shape index (κ2) is 21.9. The van der Waals surface area contributed by atoms with Gasteiger partial charge in [-0.2, -0.15) is 0 Å². The van der Waals surface area contributed by atoms with Crippen molar-refractivity contribution >= 4 is 172 Å². The summed E-state index contributed by atoms with van der Waals surface area (Å²) in [6, 6.07) is 121. The van der Waals surface area contributed by atoms with E-state index in [0.717, 1.165) is 78.6 Å². The van der Waals surface area contributed by atoms with E-state index in [1.54, 1.807) is 0 Å². The van der Waals surface area contributed by atoms with Gasteiger partial charge in [0.25, 0.3) is 0 Å². The Kier molecular flexibility index (Phi) is 12.7. The van der Waals surface area contributed by atoms with Crippen LogP contribution in [0.2, 0.25) is 0 Å². The first kappa shape index (κ1) is 53.9. The van der Waals surface area contributed by atoms with E-state index in [2.05, 4.69) is 347 Å². The van der Waals surface area contributed by atoms with Crippen LogP contribution in [0.3, 0.4) is 0 Å². The molecule has 0 fully saturated rings. The van der Waals surface area contributed by atoms with Gasteiger partial charge in [0.05, 0.1) is 0 Å². The fourth-order valence-electron chi connectivity index (χ4n) is 15.3. The van der Waals surface area contributed by atoms with Crippen molar-refractivity contribution in [1.29, 1.82) is 0 Å². The van der Waals surface area contributed by atoms with Crippen molar-refractivity contribution < 1.29 is 4.42 Å².